The second kappa shape index (κ2) is 9.68. The predicted molar refractivity (Wildman–Crippen MR) is 102 cm³/mol. The van der Waals surface area contributed by atoms with Crippen LogP contribution in [0.5, 0.6) is 5.75 Å². The lowest BCUT2D eigenvalue weighted by Gasteiger charge is -2.10. The molecule has 2 aromatic carbocycles. The first-order chi connectivity index (χ1) is 11.9. The fraction of sp³-hybridized carbons (Fsp3) is 0.316. The van der Waals surface area contributed by atoms with E-state index in [9.17, 15) is 9.18 Å². The van der Waals surface area contributed by atoms with Crippen LogP contribution in [-0.2, 0) is 17.1 Å². The van der Waals surface area contributed by atoms with Crippen LogP contribution >= 0.6 is 23.4 Å². The Morgan fingerprint density at radius 2 is 1.96 bits per heavy atom. The highest BCUT2D eigenvalue weighted by Crippen LogP contribution is 2.19. The minimum Gasteiger partial charge on any atom is -0.491 e. The Kier molecular flexibility index (Phi) is 7.59. The van der Waals surface area contributed by atoms with E-state index in [0.29, 0.717) is 22.9 Å². The molecule has 0 spiro atoms. The number of benzene rings is 2. The summed E-state index contributed by atoms with van der Waals surface area (Å²) in [5, 5.41) is 3.22. The van der Waals surface area contributed by atoms with E-state index in [1.165, 1.54) is 17.8 Å². The summed E-state index contributed by atoms with van der Waals surface area (Å²) in [6, 6.07) is 12.2. The molecule has 0 bridgehead atoms. The summed E-state index contributed by atoms with van der Waals surface area (Å²) in [5.74, 6) is 1.09. The van der Waals surface area contributed by atoms with Gasteiger partial charge in [-0.1, -0.05) is 29.8 Å². The first kappa shape index (κ1) is 19.6. The van der Waals surface area contributed by atoms with Gasteiger partial charge in [0.25, 0.3) is 0 Å². The summed E-state index contributed by atoms with van der Waals surface area (Å²) in [4.78, 5) is 11.9. The van der Waals surface area contributed by atoms with Crippen LogP contribution in [0.4, 0.5) is 4.39 Å². The molecule has 0 aliphatic rings. The summed E-state index contributed by atoms with van der Waals surface area (Å²) < 4.78 is 19.2. The first-order valence-corrected chi connectivity index (χ1v) is 9.51. The number of thioether (sulfide) groups is 1. The Bertz CT molecular complexity index is 707. The topological polar surface area (TPSA) is 38.3 Å². The lowest BCUT2D eigenvalue weighted by atomic mass is 10.2. The first-order valence-electron chi connectivity index (χ1n) is 7.98. The number of rotatable bonds is 8. The van der Waals surface area contributed by atoms with E-state index in [1.807, 2.05) is 38.1 Å². The molecule has 0 aliphatic carbocycles. The fourth-order valence-electron chi connectivity index (χ4n) is 2.10. The van der Waals surface area contributed by atoms with E-state index in [-0.39, 0.29) is 23.6 Å². The molecule has 25 heavy (non-hydrogen) atoms. The van der Waals surface area contributed by atoms with Crippen molar-refractivity contribution in [1.82, 2.24) is 5.32 Å². The van der Waals surface area contributed by atoms with Gasteiger partial charge < -0.3 is 10.1 Å². The number of hydrogen-bond donors (Lipinski definition) is 1. The molecule has 1 amide bonds. The summed E-state index contributed by atoms with van der Waals surface area (Å²) in [6.07, 6.45) is 0.132. The number of ether oxygens (including phenoxy) is 1. The molecule has 134 valence electrons. The van der Waals surface area contributed by atoms with Crippen LogP contribution in [0.2, 0.25) is 5.02 Å². The molecule has 1 N–H and O–H groups in total. The quantitative estimate of drug-likeness (QED) is 0.712. The molecule has 0 radical (unpaired) electrons. The van der Waals surface area contributed by atoms with E-state index in [2.05, 4.69) is 5.32 Å². The van der Waals surface area contributed by atoms with Crippen LogP contribution in [0.25, 0.3) is 0 Å². The van der Waals surface area contributed by atoms with Crippen molar-refractivity contribution in [3.05, 3.63) is 64.4 Å². The molecule has 0 heterocycles. The third-order valence-electron chi connectivity index (χ3n) is 3.29. The zero-order chi connectivity index (χ0) is 18.2. The van der Waals surface area contributed by atoms with Gasteiger partial charge in [-0.3, -0.25) is 4.79 Å². The molecule has 0 aliphatic heterocycles. The van der Waals surface area contributed by atoms with Crippen molar-refractivity contribution in [2.75, 3.05) is 5.75 Å². The van der Waals surface area contributed by atoms with Crippen molar-refractivity contribution < 1.29 is 13.9 Å². The molecular weight excluding hydrogens is 361 g/mol. The summed E-state index contributed by atoms with van der Waals surface area (Å²) >= 11 is 7.08. The highest BCUT2D eigenvalue weighted by molar-refractivity contribution is 7.99. The average molecular weight is 382 g/mol. The molecule has 0 fully saturated rings. The van der Waals surface area contributed by atoms with Crippen LogP contribution in [0.3, 0.4) is 0 Å². The molecule has 3 nitrogen and oxygen atoms in total. The lowest BCUT2D eigenvalue weighted by molar-refractivity contribution is -0.118. The third kappa shape index (κ3) is 6.96. The van der Waals surface area contributed by atoms with Gasteiger partial charge in [-0.15, -0.1) is 11.8 Å². The number of carbonyl (C=O) groups excluding carboxylic acids is 1. The zero-order valence-corrected chi connectivity index (χ0v) is 15.8. The van der Waals surface area contributed by atoms with Crippen molar-refractivity contribution >= 4 is 29.3 Å². The van der Waals surface area contributed by atoms with Gasteiger partial charge in [0.15, 0.2) is 0 Å². The van der Waals surface area contributed by atoms with E-state index in [0.717, 1.165) is 11.3 Å². The van der Waals surface area contributed by atoms with Gasteiger partial charge in [0.05, 0.1) is 11.9 Å². The zero-order valence-electron chi connectivity index (χ0n) is 14.2. The van der Waals surface area contributed by atoms with Gasteiger partial charge in [-0.2, -0.15) is 0 Å². The van der Waals surface area contributed by atoms with Crippen molar-refractivity contribution in [2.45, 2.75) is 32.2 Å². The maximum Gasteiger partial charge on any atom is 0.230 e. The second-order valence-electron chi connectivity index (χ2n) is 5.82. The molecule has 2 rings (SSSR count). The minimum atomic E-state index is -0.343. The normalized spacial score (nSPS) is 10.8. The maximum absolute atomic E-state index is 13.6. The van der Waals surface area contributed by atoms with E-state index < -0.39 is 0 Å². The Labute approximate surface area is 156 Å². The fourth-order valence-corrected chi connectivity index (χ4v) is 3.10. The third-order valence-corrected chi connectivity index (χ3v) is 4.51. The SMILES string of the molecule is CC(C)Oc1ccc(CNC(=O)CSCc2ccc(Cl)cc2F)cc1. The second-order valence-corrected chi connectivity index (χ2v) is 7.24. The minimum absolute atomic E-state index is 0.0816. The van der Waals surface area contributed by atoms with Crippen LogP contribution < -0.4 is 10.1 Å². The van der Waals surface area contributed by atoms with Crippen molar-refractivity contribution in [1.29, 1.82) is 0 Å². The smallest absolute Gasteiger partial charge is 0.230 e. The summed E-state index contributed by atoms with van der Waals surface area (Å²) in [7, 11) is 0. The van der Waals surface area contributed by atoms with Crippen molar-refractivity contribution in [2.24, 2.45) is 0 Å². The number of nitrogens with one attached hydrogen (secondary N) is 1. The van der Waals surface area contributed by atoms with Gasteiger partial charge in [-0.25, -0.2) is 4.39 Å². The molecule has 0 unspecified atom stereocenters. The molecular formula is C19H21ClFNO2S. The Morgan fingerprint density at radius 1 is 1.24 bits per heavy atom. The van der Waals surface area contributed by atoms with Crippen molar-refractivity contribution in [3.63, 3.8) is 0 Å². The highest BCUT2D eigenvalue weighted by atomic mass is 35.5. The van der Waals surface area contributed by atoms with Gasteiger partial charge in [0.2, 0.25) is 5.91 Å². The van der Waals surface area contributed by atoms with Crippen LogP contribution in [0, 0.1) is 5.82 Å². The maximum atomic E-state index is 13.6. The Morgan fingerprint density at radius 3 is 2.60 bits per heavy atom. The summed E-state index contributed by atoms with van der Waals surface area (Å²) in [5.41, 5.74) is 1.54. The lowest BCUT2D eigenvalue weighted by Crippen LogP contribution is -2.24. The largest absolute Gasteiger partial charge is 0.491 e. The van der Waals surface area contributed by atoms with Gasteiger partial charge in [0, 0.05) is 17.3 Å². The van der Waals surface area contributed by atoms with E-state index >= 15 is 0 Å². The van der Waals surface area contributed by atoms with Gasteiger partial charge >= 0.3 is 0 Å². The molecule has 0 saturated carbocycles. The molecule has 0 atom stereocenters. The Hall–Kier alpha value is -1.72. The number of carbonyl (C=O) groups is 1. The van der Waals surface area contributed by atoms with Gasteiger partial charge in [0.1, 0.15) is 11.6 Å². The molecule has 0 saturated heterocycles. The van der Waals surface area contributed by atoms with Crippen LogP contribution in [0.15, 0.2) is 42.5 Å². The number of halogens is 2. The summed E-state index contributed by atoms with van der Waals surface area (Å²) in [6.45, 7) is 4.40. The van der Waals surface area contributed by atoms with Crippen molar-refractivity contribution in [3.8, 4) is 5.75 Å². The van der Waals surface area contributed by atoms with Crippen LogP contribution in [0.1, 0.15) is 25.0 Å². The van der Waals surface area contributed by atoms with Gasteiger partial charge in [-0.05, 0) is 49.2 Å². The average Bonchev–Trinajstić information content (AvgIpc) is 2.56. The monoisotopic (exact) mass is 381 g/mol. The molecule has 2 aromatic rings. The molecule has 0 aromatic heterocycles. The predicted octanol–water partition coefficient (Wildman–Crippen LogP) is 4.82. The Balaban J connectivity index is 1.71. The highest BCUT2D eigenvalue weighted by Gasteiger charge is 2.06. The van der Waals surface area contributed by atoms with E-state index in [1.54, 1.807) is 12.1 Å². The van der Waals surface area contributed by atoms with Crippen LogP contribution in [-0.4, -0.2) is 17.8 Å². The standard InChI is InChI=1S/C19H21ClFNO2S/c1-13(2)24-17-7-3-14(4-8-17)10-22-19(23)12-25-11-15-5-6-16(20)9-18(15)21/h3-9,13H,10-12H2,1-2H3,(H,22,23). The number of hydrogen-bond acceptors (Lipinski definition) is 3. The molecule has 6 heteroatoms. The van der Waals surface area contributed by atoms with E-state index in [4.69, 9.17) is 16.3 Å². The number of amides is 1.